The lowest BCUT2D eigenvalue weighted by Crippen LogP contribution is -2.04. The number of carbonyl (C=O) groups excluding carboxylic acids is 1. The van der Waals surface area contributed by atoms with Crippen LogP contribution in [0.4, 0.5) is 0 Å². The molecule has 0 unspecified atom stereocenters. The highest BCUT2D eigenvalue weighted by atomic mass is 32.2. The molecule has 1 aromatic carbocycles. The van der Waals surface area contributed by atoms with Crippen molar-refractivity contribution >= 4 is 23.1 Å². The van der Waals surface area contributed by atoms with Crippen LogP contribution in [-0.2, 0) is 12.8 Å². The summed E-state index contributed by atoms with van der Waals surface area (Å²) in [6, 6.07) is 12.1. The minimum Gasteiger partial charge on any atom is -0.295 e. The van der Waals surface area contributed by atoms with Gasteiger partial charge in [0.15, 0.2) is 10.9 Å². The first kappa shape index (κ1) is 13.6. The predicted molar refractivity (Wildman–Crippen MR) is 88.7 cm³/mol. The van der Waals surface area contributed by atoms with Gasteiger partial charge in [0.05, 0.1) is 17.5 Å². The van der Waals surface area contributed by atoms with Crippen LogP contribution in [0.1, 0.15) is 27.9 Å². The van der Waals surface area contributed by atoms with Crippen molar-refractivity contribution in [2.75, 3.05) is 5.75 Å². The second-order valence-corrected chi connectivity index (χ2v) is 6.53. The molecule has 0 aliphatic heterocycles. The maximum Gasteiger partial charge on any atom is 0.173 e. The molecule has 4 heteroatoms. The van der Waals surface area contributed by atoms with E-state index in [4.69, 9.17) is 0 Å². The van der Waals surface area contributed by atoms with Crippen LogP contribution in [0.25, 0.3) is 5.52 Å². The van der Waals surface area contributed by atoms with E-state index < -0.39 is 0 Å². The van der Waals surface area contributed by atoms with E-state index in [0.29, 0.717) is 5.75 Å². The quantitative estimate of drug-likeness (QED) is 0.543. The number of aryl methyl sites for hydroxylation is 2. The molecule has 0 N–H and O–H groups in total. The fourth-order valence-corrected chi connectivity index (χ4v) is 3.84. The predicted octanol–water partition coefficient (Wildman–Crippen LogP) is 3.80. The summed E-state index contributed by atoms with van der Waals surface area (Å²) in [5, 5.41) is 0.866. The first-order chi connectivity index (χ1) is 10.8. The number of imidazole rings is 1. The fraction of sp³-hybridized carbons (Fsp3) is 0.222. The monoisotopic (exact) mass is 308 g/mol. The zero-order chi connectivity index (χ0) is 14.9. The van der Waals surface area contributed by atoms with Gasteiger partial charge in [0.1, 0.15) is 0 Å². The third kappa shape index (κ3) is 2.44. The maximum absolute atomic E-state index is 12.4. The summed E-state index contributed by atoms with van der Waals surface area (Å²) >= 11 is 1.50. The number of fused-ring (bicyclic) bond motifs is 2. The van der Waals surface area contributed by atoms with Crippen LogP contribution < -0.4 is 0 Å². The van der Waals surface area contributed by atoms with Gasteiger partial charge in [-0.25, -0.2) is 4.98 Å². The van der Waals surface area contributed by atoms with E-state index in [1.807, 2.05) is 41.1 Å². The largest absolute Gasteiger partial charge is 0.295 e. The van der Waals surface area contributed by atoms with E-state index in [1.54, 1.807) is 0 Å². The van der Waals surface area contributed by atoms with Crippen LogP contribution in [0.15, 0.2) is 53.9 Å². The van der Waals surface area contributed by atoms with Gasteiger partial charge in [0.25, 0.3) is 0 Å². The third-order valence-corrected chi connectivity index (χ3v) is 5.12. The Morgan fingerprint density at radius 2 is 2.09 bits per heavy atom. The zero-order valence-corrected chi connectivity index (χ0v) is 13.0. The van der Waals surface area contributed by atoms with E-state index in [0.717, 1.165) is 29.1 Å². The van der Waals surface area contributed by atoms with Gasteiger partial charge in [0.2, 0.25) is 0 Å². The topological polar surface area (TPSA) is 34.4 Å². The molecule has 0 radical (unpaired) electrons. The minimum atomic E-state index is 0.174. The van der Waals surface area contributed by atoms with Crippen LogP contribution in [-0.4, -0.2) is 20.9 Å². The van der Waals surface area contributed by atoms with Gasteiger partial charge in [-0.05, 0) is 48.6 Å². The Balaban J connectivity index is 1.50. The molecule has 1 aliphatic rings. The highest BCUT2D eigenvalue weighted by Gasteiger charge is 2.15. The standard InChI is InChI=1S/C18H16N2OS/c21-17(15-8-7-13-4-3-5-14(13)10-15)12-22-18-19-11-16-6-1-2-9-20(16)18/h1-2,6-11H,3-5,12H2. The number of ketones is 1. The van der Waals surface area contributed by atoms with E-state index in [2.05, 4.69) is 17.1 Å². The van der Waals surface area contributed by atoms with Gasteiger partial charge in [0, 0.05) is 11.8 Å². The van der Waals surface area contributed by atoms with Gasteiger partial charge in [-0.1, -0.05) is 30.0 Å². The van der Waals surface area contributed by atoms with Crippen LogP contribution >= 0.6 is 11.8 Å². The Labute approximate surface area is 133 Å². The van der Waals surface area contributed by atoms with Crippen LogP contribution in [0, 0.1) is 0 Å². The third-order valence-electron chi connectivity index (χ3n) is 4.16. The van der Waals surface area contributed by atoms with Crippen LogP contribution in [0.2, 0.25) is 0 Å². The molecule has 2 aromatic heterocycles. The zero-order valence-electron chi connectivity index (χ0n) is 12.2. The summed E-state index contributed by atoms with van der Waals surface area (Å²) in [5.41, 5.74) is 4.63. The van der Waals surface area contributed by atoms with E-state index in [-0.39, 0.29) is 5.78 Å². The van der Waals surface area contributed by atoms with E-state index >= 15 is 0 Å². The SMILES string of the molecule is O=C(CSc1ncc2ccccn12)c1ccc2c(c1)CCC2. The van der Waals surface area contributed by atoms with Crippen molar-refractivity contribution < 1.29 is 4.79 Å². The molecule has 0 saturated heterocycles. The summed E-state index contributed by atoms with van der Waals surface area (Å²) in [7, 11) is 0. The normalized spacial score (nSPS) is 13.5. The molecular formula is C18H16N2OS. The fourth-order valence-electron chi connectivity index (χ4n) is 2.98. The van der Waals surface area contributed by atoms with Crippen molar-refractivity contribution in [3.05, 3.63) is 65.5 Å². The molecule has 4 rings (SSSR count). The van der Waals surface area contributed by atoms with E-state index in [9.17, 15) is 4.79 Å². The molecule has 0 fully saturated rings. The molecule has 3 aromatic rings. The first-order valence-corrected chi connectivity index (χ1v) is 8.50. The summed E-state index contributed by atoms with van der Waals surface area (Å²) in [6.45, 7) is 0. The molecule has 2 heterocycles. The average molecular weight is 308 g/mol. The van der Waals surface area contributed by atoms with Crippen LogP contribution in [0.3, 0.4) is 0 Å². The number of aromatic nitrogens is 2. The number of carbonyl (C=O) groups is 1. The van der Waals surface area contributed by atoms with Gasteiger partial charge < -0.3 is 0 Å². The molecule has 0 amide bonds. The number of Topliss-reactive ketones (excluding diaryl/α,β-unsaturated/α-hetero) is 1. The number of benzene rings is 1. The van der Waals surface area contributed by atoms with Crippen molar-refractivity contribution in [1.82, 2.24) is 9.38 Å². The highest BCUT2D eigenvalue weighted by Crippen LogP contribution is 2.24. The summed E-state index contributed by atoms with van der Waals surface area (Å²) < 4.78 is 2.01. The molecule has 110 valence electrons. The number of rotatable bonds is 4. The van der Waals surface area contributed by atoms with Crippen molar-refractivity contribution in [3.63, 3.8) is 0 Å². The lowest BCUT2D eigenvalue weighted by Gasteiger charge is -2.04. The lowest BCUT2D eigenvalue weighted by atomic mass is 10.0. The van der Waals surface area contributed by atoms with Crippen molar-refractivity contribution in [1.29, 1.82) is 0 Å². The Kier molecular flexibility index (Phi) is 3.47. The number of hydrogen-bond acceptors (Lipinski definition) is 3. The average Bonchev–Trinajstić information content (AvgIpc) is 3.18. The number of pyridine rings is 1. The minimum absolute atomic E-state index is 0.174. The molecule has 0 saturated carbocycles. The van der Waals surface area contributed by atoms with E-state index in [1.165, 1.54) is 29.3 Å². The molecule has 0 bridgehead atoms. The molecule has 22 heavy (non-hydrogen) atoms. The van der Waals surface area contributed by atoms with Gasteiger partial charge in [-0.2, -0.15) is 0 Å². The lowest BCUT2D eigenvalue weighted by molar-refractivity contribution is 0.102. The second kappa shape index (κ2) is 5.61. The van der Waals surface area contributed by atoms with Crippen molar-refractivity contribution in [3.8, 4) is 0 Å². The molecule has 3 nitrogen and oxygen atoms in total. The molecular weight excluding hydrogens is 292 g/mol. The molecule has 0 atom stereocenters. The number of hydrogen-bond donors (Lipinski definition) is 0. The summed E-state index contributed by atoms with van der Waals surface area (Å²) in [6.07, 6.45) is 7.28. The molecule has 0 spiro atoms. The highest BCUT2D eigenvalue weighted by molar-refractivity contribution is 7.99. The van der Waals surface area contributed by atoms with Crippen molar-refractivity contribution in [2.24, 2.45) is 0 Å². The van der Waals surface area contributed by atoms with Crippen LogP contribution in [0.5, 0.6) is 0 Å². The Morgan fingerprint density at radius 1 is 1.18 bits per heavy atom. The number of nitrogens with zero attached hydrogens (tertiary/aromatic N) is 2. The first-order valence-electron chi connectivity index (χ1n) is 7.51. The Hall–Kier alpha value is -2.07. The number of thioether (sulfide) groups is 1. The van der Waals surface area contributed by atoms with Crippen molar-refractivity contribution in [2.45, 2.75) is 24.4 Å². The van der Waals surface area contributed by atoms with Gasteiger partial charge in [-0.3, -0.25) is 9.20 Å². The summed E-state index contributed by atoms with van der Waals surface area (Å²) in [4.78, 5) is 16.8. The van der Waals surface area contributed by atoms with Gasteiger partial charge in [-0.15, -0.1) is 0 Å². The smallest absolute Gasteiger partial charge is 0.173 e. The molecule has 1 aliphatic carbocycles. The maximum atomic E-state index is 12.4. The second-order valence-electron chi connectivity index (χ2n) is 5.59. The Bertz CT molecular complexity index is 853. The van der Waals surface area contributed by atoms with Gasteiger partial charge >= 0.3 is 0 Å². The summed E-state index contributed by atoms with van der Waals surface area (Å²) in [5.74, 6) is 0.597. The Morgan fingerprint density at radius 3 is 3.05 bits per heavy atom.